The summed E-state index contributed by atoms with van der Waals surface area (Å²) in [5, 5.41) is 12.3. The van der Waals surface area contributed by atoms with Crippen LogP contribution in [0.5, 0.6) is 0 Å². The number of nitrogens with zero attached hydrogens (tertiary/aromatic N) is 1. The van der Waals surface area contributed by atoms with Crippen molar-refractivity contribution < 1.29 is 9.53 Å². The van der Waals surface area contributed by atoms with Gasteiger partial charge in [0, 0.05) is 32.0 Å². The maximum absolute atomic E-state index is 12.3. The summed E-state index contributed by atoms with van der Waals surface area (Å²) in [7, 11) is 0. The maximum atomic E-state index is 12.3. The van der Waals surface area contributed by atoms with Gasteiger partial charge in [0.25, 0.3) is 0 Å². The van der Waals surface area contributed by atoms with Crippen molar-refractivity contribution in [3.05, 3.63) is 12.2 Å². The number of carbonyl (C=O) groups is 1. The van der Waals surface area contributed by atoms with Gasteiger partial charge in [-0.2, -0.15) is 5.26 Å². The van der Waals surface area contributed by atoms with Crippen LogP contribution in [0.2, 0.25) is 0 Å². The van der Waals surface area contributed by atoms with Crippen LogP contribution in [0.15, 0.2) is 12.2 Å². The Morgan fingerprint density at radius 3 is 2.67 bits per heavy atom. The van der Waals surface area contributed by atoms with Crippen LogP contribution in [0.1, 0.15) is 25.7 Å². The van der Waals surface area contributed by atoms with Crippen LogP contribution in [0, 0.1) is 29.1 Å². The van der Waals surface area contributed by atoms with E-state index in [-0.39, 0.29) is 11.8 Å². The minimum Gasteiger partial charge on any atom is -0.381 e. The van der Waals surface area contributed by atoms with E-state index in [4.69, 9.17) is 4.74 Å². The first-order valence-electron chi connectivity index (χ1n) is 6.72. The van der Waals surface area contributed by atoms with Crippen LogP contribution in [0.25, 0.3) is 0 Å². The maximum Gasteiger partial charge on any atom is 0.224 e. The summed E-state index contributed by atoms with van der Waals surface area (Å²) in [6.07, 6.45) is 7.66. The molecule has 1 heterocycles. The van der Waals surface area contributed by atoms with E-state index in [2.05, 4.69) is 23.5 Å². The summed E-state index contributed by atoms with van der Waals surface area (Å²) >= 11 is 0. The molecule has 0 aromatic rings. The molecule has 3 aliphatic rings. The molecule has 1 saturated heterocycles. The highest BCUT2D eigenvalue weighted by molar-refractivity contribution is 5.81. The first-order chi connectivity index (χ1) is 8.72. The van der Waals surface area contributed by atoms with Crippen LogP contribution in [0.4, 0.5) is 0 Å². The van der Waals surface area contributed by atoms with Gasteiger partial charge in [0.1, 0.15) is 5.54 Å². The molecular weight excluding hydrogens is 228 g/mol. The summed E-state index contributed by atoms with van der Waals surface area (Å²) in [5.41, 5.74) is -0.694. The Morgan fingerprint density at radius 1 is 1.33 bits per heavy atom. The number of hydrogen-bond donors (Lipinski definition) is 1. The van der Waals surface area contributed by atoms with Crippen LogP contribution in [-0.2, 0) is 9.53 Å². The Hall–Kier alpha value is -1.34. The van der Waals surface area contributed by atoms with E-state index in [0.717, 1.165) is 12.8 Å². The number of rotatable bonds is 2. The fourth-order valence-electron chi connectivity index (χ4n) is 3.40. The Kier molecular flexibility index (Phi) is 2.87. The molecule has 4 nitrogen and oxygen atoms in total. The van der Waals surface area contributed by atoms with Crippen molar-refractivity contribution in [2.24, 2.45) is 17.8 Å². The number of fused-ring (bicyclic) bond motifs is 2. The van der Waals surface area contributed by atoms with Crippen molar-refractivity contribution in [2.75, 3.05) is 13.2 Å². The summed E-state index contributed by atoms with van der Waals surface area (Å²) in [6, 6.07) is 2.29. The number of nitriles is 1. The van der Waals surface area contributed by atoms with Crippen LogP contribution in [-0.4, -0.2) is 24.7 Å². The molecule has 1 amide bonds. The molecule has 0 radical (unpaired) electrons. The predicted molar refractivity (Wildman–Crippen MR) is 65.4 cm³/mol. The third-order valence-corrected chi connectivity index (χ3v) is 4.54. The molecule has 0 unspecified atom stereocenters. The lowest BCUT2D eigenvalue weighted by Gasteiger charge is -2.33. The second-order valence-electron chi connectivity index (χ2n) is 5.68. The first kappa shape index (κ1) is 11.7. The molecule has 4 heteroatoms. The van der Waals surface area contributed by atoms with Gasteiger partial charge in [-0.3, -0.25) is 4.79 Å². The summed E-state index contributed by atoms with van der Waals surface area (Å²) in [6.45, 7) is 1.12. The van der Waals surface area contributed by atoms with E-state index in [9.17, 15) is 10.1 Å². The highest BCUT2D eigenvalue weighted by atomic mass is 16.5. The summed E-state index contributed by atoms with van der Waals surface area (Å²) in [5.74, 6) is 1.12. The molecule has 2 aliphatic carbocycles. The fraction of sp³-hybridized carbons (Fsp3) is 0.714. The average molecular weight is 246 g/mol. The van der Waals surface area contributed by atoms with Crippen molar-refractivity contribution in [3.8, 4) is 6.07 Å². The van der Waals surface area contributed by atoms with Crippen molar-refractivity contribution >= 4 is 5.91 Å². The minimum absolute atomic E-state index is 0.0651. The minimum atomic E-state index is -0.694. The number of nitrogens with one attached hydrogen (secondary N) is 1. The Bertz CT molecular complexity index is 418. The molecule has 3 rings (SSSR count). The SMILES string of the molecule is N#CC1(NC(=O)[C@H]2C[C@@H]3C=C[C@H]2C3)CCOCC1. The van der Waals surface area contributed by atoms with Gasteiger partial charge in [0.15, 0.2) is 0 Å². The van der Waals surface area contributed by atoms with Gasteiger partial charge in [-0.25, -0.2) is 0 Å². The molecule has 18 heavy (non-hydrogen) atoms. The van der Waals surface area contributed by atoms with Gasteiger partial charge in [-0.1, -0.05) is 12.2 Å². The number of amides is 1. The van der Waals surface area contributed by atoms with E-state index in [0.29, 0.717) is 37.9 Å². The molecule has 1 saturated carbocycles. The van der Waals surface area contributed by atoms with Crippen LogP contribution in [0.3, 0.4) is 0 Å². The van der Waals surface area contributed by atoms with E-state index in [1.807, 2.05) is 0 Å². The quantitative estimate of drug-likeness (QED) is 0.749. The zero-order chi connectivity index (χ0) is 12.6. The Balaban J connectivity index is 1.67. The molecule has 3 atom stereocenters. The van der Waals surface area contributed by atoms with Gasteiger partial charge in [-0.05, 0) is 24.7 Å². The van der Waals surface area contributed by atoms with E-state index < -0.39 is 5.54 Å². The lowest BCUT2D eigenvalue weighted by atomic mass is 9.88. The smallest absolute Gasteiger partial charge is 0.224 e. The third kappa shape index (κ3) is 1.93. The largest absolute Gasteiger partial charge is 0.381 e. The lowest BCUT2D eigenvalue weighted by Crippen LogP contribution is -2.53. The Morgan fingerprint density at radius 2 is 2.11 bits per heavy atom. The standard InChI is InChI=1S/C14H18N2O2/c15-9-14(3-5-18-6-4-14)16-13(17)12-8-10-1-2-11(12)7-10/h1-2,10-12H,3-8H2,(H,16,17)/t10-,11+,12+/m1/s1. The predicted octanol–water partition coefficient (Wildman–Crippen LogP) is 1.39. The van der Waals surface area contributed by atoms with E-state index in [1.165, 1.54) is 0 Å². The zero-order valence-electron chi connectivity index (χ0n) is 10.4. The number of allylic oxidation sites excluding steroid dienone is 2. The molecule has 0 aromatic carbocycles. The molecule has 1 aliphatic heterocycles. The van der Waals surface area contributed by atoms with Gasteiger partial charge in [-0.15, -0.1) is 0 Å². The fourth-order valence-corrected chi connectivity index (χ4v) is 3.40. The molecule has 0 aromatic heterocycles. The monoisotopic (exact) mass is 246 g/mol. The molecule has 2 fully saturated rings. The van der Waals surface area contributed by atoms with Gasteiger partial charge < -0.3 is 10.1 Å². The van der Waals surface area contributed by atoms with Crippen molar-refractivity contribution in [2.45, 2.75) is 31.2 Å². The Labute approximate surface area is 107 Å². The molecule has 2 bridgehead atoms. The van der Waals surface area contributed by atoms with Gasteiger partial charge >= 0.3 is 0 Å². The zero-order valence-corrected chi connectivity index (χ0v) is 10.4. The number of hydrogen-bond acceptors (Lipinski definition) is 3. The highest BCUT2D eigenvalue weighted by Gasteiger charge is 2.43. The summed E-state index contributed by atoms with van der Waals surface area (Å²) < 4.78 is 5.27. The molecule has 0 spiro atoms. The molecule has 1 N–H and O–H groups in total. The van der Waals surface area contributed by atoms with Crippen molar-refractivity contribution in [3.63, 3.8) is 0 Å². The third-order valence-electron chi connectivity index (χ3n) is 4.54. The molecular formula is C14H18N2O2. The van der Waals surface area contributed by atoms with Crippen molar-refractivity contribution in [1.29, 1.82) is 5.26 Å². The second kappa shape index (κ2) is 4.40. The van der Waals surface area contributed by atoms with Crippen LogP contribution < -0.4 is 5.32 Å². The normalized spacial score (nSPS) is 36.3. The average Bonchev–Trinajstić information content (AvgIpc) is 3.02. The summed E-state index contributed by atoms with van der Waals surface area (Å²) in [4.78, 5) is 12.3. The van der Waals surface area contributed by atoms with E-state index >= 15 is 0 Å². The topological polar surface area (TPSA) is 62.1 Å². The highest BCUT2D eigenvalue weighted by Crippen LogP contribution is 2.43. The number of carbonyl (C=O) groups excluding carboxylic acids is 1. The second-order valence-corrected chi connectivity index (χ2v) is 5.68. The molecule has 96 valence electrons. The van der Waals surface area contributed by atoms with E-state index in [1.54, 1.807) is 0 Å². The lowest BCUT2D eigenvalue weighted by molar-refractivity contribution is -0.128. The number of ether oxygens (including phenoxy) is 1. The first-order valence-corrected chi connectivity index (χ1v) is 6.72. The van der Waals surface area contributed by atoms with Gasteiger partial charge in [0.05, 0.1) is 6.07 Å². The van der Waals surface area contributed by atoms with Crippen molar-refractivity contribution in [1.82, 2.24) is 5.32 Å². The van der Waals surface area contributed by atoms with Crippen LogP contribution >= 0.6 is 0 Å². The van der Waals surface area contributed by atoms with Gasteiger partial charge in [0.2, 0.25) is 5.91 Å².